The largest absolute Gasteiger partial charge is 0.465 e. The molecule has 0 unspecified atom stereocenters. The summed E-state index contributed by atoms with van der Waals surface area (Å²) in [6.07, 6.45) is 0.314. The summed E-state index contributed by atoms with van der Waals surface area (Å²) in [4.78, 5) is 52.6. The van der Waals surface area contributed by atoms with Crippen LogP contribution in [0, 0.1) is 0 Å². The van der Waals surface area contributed by atoms with Crippen LogP contribution >= 0.6 is 0 Å². The Kier molecular flexibility index (Phi) is 4.79. The van der Waals surface area contributed by atoms with Gasteiger partial charge in [-0.05, 0) is 36.2 Å². The number of rotatable bonds is 5. The smallest absolute Gasteiger partial charge is 0.337 e. The number of carbonyl (C=O) groups is 4. The SMILES string of the molecule is COC(=O)c1ccc(CCC(=O)ON2C(=O)c3ccccc3C2=O)cc1. The fourth-order valence-electron chi connectivity index (χ4n) is 2.57. The Labute approximate surface area is 149 Å². The van der Waals surface area contributed by atoms with Gasteiger partial charge in [-0.3, -0.25) is 9.59 Å². The molecule has 2 amide bonds. The molecular formula is C19H15NO6. The van der Waals surface area contributed by atoms with Crippen molar-refractivity contribution in [2.75, 3.05) is 7.11 Å². The normalized spacial score (nSPS) is 12.7. The van der Waals surface area contributed by atoms with Gasteiger partial charge >= 0.3 is 11.9 Å². The third-order valence-electron chi connectivity index (χ3n) is 3.94. The van der Waals surface area contributed by atoms with E-state index in [4.69, 9.17) is 4.84 Å². The molecule has 1 aliphatic heterocycles. The van der Waals surface area contributed by atoms with Crippen molar-refractivity contribution in [1.29, 1.82) is 0 Å². The molecule has 3 rings (SSSR count). The Morgan fingerprint density at radius 1 is 0.923 bits per heavy atom. The molecule has 2 aromatic carbocycles. The van der Waals surface area contributed by atoms with Crippen LogP contribution in [0.15, 0.2) is 48.5 Å². The second-order valence-corrected chi connectivity index (χ2v) is 5.60. The van der Waals surface area contributed by atoms with Gasteiger partial charge in [-0.1, -0.05) is 29.3 Å². The monoisotopic (exact) mass is 353 g/mol. The van der Waals surface area contributed by atoms with Gasteiger partial charge in [0.2, 0.25) is 0 Å². The first kappa shape index (κ1) is 17.3. The first-order valence-corrected chi connectivity index (χ1v) is 7.87. The molecule has 7 heteroatoms. The van der Waals surface area contributed by atoms with Gasteiger partial charge in [-0.2, -0.15) is 0 Å². The topological polar surface area (TPSA) is 90.0 Å². The lowest BCUT2D eigenvalue weighted by Gasteiger charge is -2.12. The fourth-order valence-corrected chi connectivity index (χ4v) is 2.57. The van der Waals surface area contributed by atoms with Crippen LogP contribution in [-0.2, 0) is 20.8 Å². The Hall–Kier alpha value is -3.48. The average Bonchev–Trinajstić information content (AvgIpc) is 2.91. The van der Waals surface area contributed by atoms with Crippen molar-refractivity contribution >= 4 is 23.8 Å². The number of amides is 2. The number of aryl methyl sites for hydroxylation is 1. The molecule has 1 aliphatic rings. The molecular weight excluding hydrogens is 338 g/mol. The maximum absolute atomic E-state index is 12.1. The summed E-state index contributed by atoms with van der Waals surface area (Å²) in [7, 11) is 1.30. The quantitative estimate of drug-likeness (QED) is 0.604. The first-order valence-electron chi connectivity index (χ1n) is 7.87. The van der Waals surface area contributed by atoms with E-state index < -0.39 is 23.8 Å². The molecule has 0 fully saturated rings. The summed E-state index contributed by atoms with van der Waals surface area (Å²) in [5.74, 6) is -2.44. The molecule has 0 N–H and O–H groups in total. The number of ether oxygens (including phenoxy) is 1. The van der Waals surface area contributed by atoms with Crippen molar-refractivity contribution in [2.45, 2.75) is 12.8 Å². The Morgan fingerprint density at radius 3 is 2.04 bits per heavy atom. The molecule has 0 radical (unpaired) electrons. The van der Waals surface area contributed by atoms with Crippen LogP contribution in [0.25, 0.3) is 0 Å². The Bertz CT molecular complexity index is 852. The fraction of sp³-hybridized carbons (Fsp3) is 0.158. The zero-order valence-electron chi connectivity index (χ0n) is 13.9. The summed E-state index contributed by atoms with van der Waals surface area (Å²) >= 11 is 0. The van der Waals surface area contributed by atoms with Crippen molar-refractivity contribution in [3.05, 3.63) is 70.8 Å². The molecule has 0 spiro atoms. The summed E-state index contributed by atoms with van der Waals surface area (Å²) in [6.45, 7) is 0. The van der Waals surface area contributed by atoms with E-state index in [1.807, 2.05) is 0 Å². The van der Waals surface area contributed by atoms with Gasteiger partial charge in [0.1, 0.15) is 0 Å². The van der Waals surface area contributed by atoms with Crippen LogP contribution < -0.4 is 0 Å². The molecule has 0 aliphatic carbocycles. The van der Waals surface area contributed by atoms with Crippen molar-refractivity contribution in [3.8, 4) is 0 Å². The van der Waals surface area contributed by atoms with Crippen molar-refractivity contribution in [1.82, 2.24) is 5.06 Å². The van der Waals surface area contributed by atoms with E-state index in [9.17, 15) is 19.2 Å². The first-order chi connectivity index (χ1) is 12.5. The van der Waals surface area contributed by atoms with Crippen LogP contribution in [-0.4, -0.2) is 35.9 Å². The molecule has 0 atom stereocenters. The van der Waals surface area contributed by atoms with Gasteiger partial charge < -0.3 is 9.57 Å². The highest BCUT2D eigenvalue weighted by Gasteiger charge is 2.38. The lowest BCUT2D eigenvalue weighted by molar-refractivity contribution is -0.168. The predicted molar refractivity (Wildman–Crippen MR) is 89.1 cm³/mol. The van der Waals surface area contributed by atoms with E-state index in [-0.39, 0.29) is 17.5 Å². The van der Waals surface area contributed by atoms with Crippen molar-refractivity contribution in [2.24, 2.45) is 0 Å². The third-order valence-corrected chi connectivity index (χ3v) is 3.94. The van der Waals surface area contributed by atoms with E-state index >= 15 is 0 Å². The summed E-state index contributed by atoms with van der Waals surface area (Å²) in [5, 5.41) is 0.493. The summed E-state index contributed by atoms with van der Waals surface area (Å²) in [5.41, 5.74) is 1.63. The lowest BCUT2D eigenvalue weighted by Crippen LogP contribution is -2.32. The highest BCUT2D eigenvalue weighted by Crippen LogP contribution is 2.23. The average molecular weight is 353 g/mol. The van der Waals surface area contributed by atoms with Crippen LogP contribution in [0.3, 0.4) is 0 Å². The Balaban J connectivity index is 1.58. The van der Waals surface area contributed by atoms with E-state index in [0.717, 1.165) is 5.56 Å². The number of hydrogen-bond donors (Lipinski definition) is 0. The van der Waals surface area contributed by atoms with Crippen LogP contribution in [0.1, 0.15) is 43.1 Å². The zero-order valence-corrected chi connectivity index (χ0v) is 13.9. The van der Waals surface area contributed by atoms with Gasteiger partial charge in [0.25, 0.3) is 11.8 Å². The number of imide groups is 1. The molecule has 0 saturated heterocycles. The Morgan fingerprint density at radius 2 is 1.50 bits per heavy atom. The number of benzene rings is 2. The highest BCUT2D eigenvalue weighted by molar-refractivity contribution is 6.20. The molecule has 0 aromatic heterocycles. The van der Waals surface area contributed by atoms with E-state index in [0.29, 0.717) is 17.0 Å². The number of hydroxylamine groups is 2. The third kappa shape index (κ3) is 3.32. The zero-order chi connectivity index (χ0) is 18.7. The minimum atomic E-state index is -0.698. The van der Waals surface area contributed by atoms with Crippen LogP contribution in [0.5, 0.6) is 0 Å². The molecule has 0 saturated carbocycles. The summed E-state index contributed by atoms with van der Waals surface area (Å²) < 4.78 is 4.61. The van der Waals surface area contributed by atoms with Gasteiger partial charge in [-0.25, -0.2) is 9.59 Å². The molecule has 2 aromatic rings. The number of nitrogens with zero attached hydrogens (tertiary/aromatic N) is 1. The number of hydrogen-bond acceptors (Lipinski definition) is 6. The summed E-state index contributed by atoms with van der Waals surface area (Å²) in [6, 6.07) is 12.9. The van der Waals surface area contributed by atoms with Crippen molar-refractivity contribution in [3.63, 3.8) is 0 Å². The molecule has 1 heterocycles. The maximum atomic E-state index is 12.1. The standard InChI is InChI=1S/C19H15NO6/c1-25-19(24)13-9-6-12(7-10-13)8-11-16(21)26-20-17(22)14-4-2-3-5-15(14)18(20)23/h2-7,9-10H,8,11H2,1H3. The van der Waals surface area contributed by atoms with E-state index in [1.165, 1.54) is 19.2 Å². The van der Waals surface area contributed by atoms with Gasteiger partial charge in [0, 0.05) is 0 Å². The maximum Gasteiger partial charge on any atom is 0.337 e. The number of esters is 1. The van der Waals surface area contributed by atoms with Crippen molar-refractivity contribution < 1.29 is 28.8 Å². The minimum Gasteiger partial charge on any atom is -0.465 e. The van der Waals surface area contributed by atoms with E-state index in [1.54, 1.807) is 36.4 Å². The van der Waals surface area contributed by atoms with Gasteiger partial charge in [-0.15, -0.1) is 0 Å². The van der Waals surface area contributed by atoms with Crippen LogP contribution in [0.2, 0.25) is 0 Å². The molecule has 0 bridgehead atoms. The molecule has 132 valence electrons. The second-order valence-electron chi connectivity index (χ2n) is 5.60. The highest BCUT2D eigenvalue weighted by atomic mass is 16.7. The van der Waals surface area contributed by atoms with Gasteiger partial charge in [0.15, 0.2) is 0 Å². The predicted octanol–water partition coefficient (Wildman–Crippen LogP) is 2.16. The van der Waals surface area contributed by atoms with E-state index in [2.05, 4.69) is 4.74 Å². The number of carbonyl (C=O) groups excluding carboxylic acids is 4. The van der Waals surface area contributed by atoms with Gasteiger partial charge in [0.05, 0.1) is 30.2 Å². The minimum absolute atomic E-state index is 0.0228. The second kappa shape index (κ2) is 7.18. The lowest BCUT2D eigenvalue weighted by atomic mass is 10.1. The molecule has 7 nitrogen and oxygen atoms in total. The number of fused-ring (bicyclic) bond motifs is 1. The number of methoxy groups -OCH3 is 1. The van der Waals surface area contributed by atoms with Crippen LogP contribution in [0.4, 0.5) is 0 Å². The molecule has 26 heavy (non-hydrogen) atoms.